The fraction of sp³-hybridized carbons (Fsp3) is 0.222. The third-order valence-corrected chi connectivity index (χ3v) is 1.98. The highest BCUT2D eigenvalue weighted by atomic mass is 16.1. The third-order valence-electron chi connectivity index (χ3n) is 1.98. The summed E-state index contributed by atoms with van der Waals surface area (Å²) in [5.74, 6) is 0.141. The average Bonchev–Trinajstić information content (AvgIpc) is 2.47. The van der Waals surface area contributed by atoms with E-state index in [-0.39, 0.29) is 5.78 Å². The summed E-state index contributed by atoms with van der Waals surface area (Å²) >= 11 is 0. The van der Waals surface area contributed by atoms with Crippen molar-refractivity contribution >= 4 is 5.78 Å². The van der Waals surface area contributed by atoms with E-state index in [4.69, 9.17) is 5.26 Å². The number of fused-ring (bicyclic) bond motifs is 1. The van der Waals surface area contributed by atoms with Crippen LogP contribution in [0, 0.1) is 11.3 Å². The van der Waals surface area contributed by atoms with Gasteiger partial charge in [-0.2, -0.15) is 5.26 Å². The lowest BCUT2D eigenvalue weighted by Crippen LogP contribution is -1.94. The minimum absolute atomic E-state index is 0.141. The molecular formula is C9H6N2O. The zero-order valence-corrected chi connectivity index (χ0v) is 6.37. The molecule has 0 unspecified atom stereocenters. The normalized spacial score (nSPS) is 14.1. The minimum atomic E-state index is 0.141. The van der Waals surface area contributed by atoms with Gasteiger partial charge in [-0.1, -0.05) is 0 Å². The number of hydrogen-bond acceptors (Lipinski definition) is 3. The van der Waals surface area contributed by atoms with Crippen LogP contribution in [-0.4, -0.2) is 10.8 Å². The quantitative estimate of drug-likeness (QED) is 0.567. The van der Waals surface area contributed by atoms with Crippen molar-refractivity contribution in [2.24, 2.45) is 0 Å². The molecule has 2 rings (SSSR count). The number of hydrogen-bond donors (Lipinski definition) is 0. The molecule has 0 amide bonds. The smallest absolute Gasteiger partial charge is 0.165 e. The van der Waals surface area contributed by atoms with Crippen LogP contribution >= 0.6 is 0 Å². The Hall–Kier alpha value is -1.69. The molecule has 1 heterocycles. The predicted octanol–water partition coefficient (Wildman–Crippen LogP) is 1.08. The topological polar surface area (TPSA) is 53.8 Å². The summed E-state index contributed by atoms with van der Waals surface area (Å²) in [4.78, 5) is 15.2. The van der Waals surface area contributed by atoms with Crippen molar-refractivity contribution in [2.45, 2.75) is 12.8 Å². The van der Waals surface area contributed by atoms with E-state index in [2.05, 4.69) is 4.98 Å². The van der Waals surface area contributed by atoms with Crippen molar-refractivity contribution in [3.63, 3.8) is 0 Å². The van der Waals surface area contributed by atoms with Crippen LogP contribution in [0.25, 0.3) is 0 Å². The fourth-order valence-electron chi connectivity index (χ4n) is 1.37. The van der Waals surface area contributed by atoms with Gasteiger partial charge in [0.15, 0.2) is 5.78 Å². The lowest BCUT2D eigenvalue weighted by Gasteiger charge is -1.94. The highest BCUT2D eigenvalue weighted by Crippen LogP contribution is 2.19. The van der Waals surface area contributed by atoms with Crippen molar-refractivity contribution in [1.82, 2.24) is 4.98 Å². The molecule has 0 aromatic carbocycles. The average molecular weight is 158 g/mol. The molecule has 1 aromatic rings. The van der Waals surface area contributed by atoms with Crippen LogP contribution in [0.15, 0.2) is 12.1 Å². The highest BCUT2D eigenvalue weighted by molar-refractivity contribution is 5.99. The van der Waals surface area contributed by atoms with Crippen molar-refractivity contribution in [2.75, 3.05) is 0 Å². The van der Waals surface area contributed by atoms with E-state index in [1.807, 2.05) is 6.07 Å². The van der Waals surface area contributed by atoms with Crippen LogP contribution < -0.4 is 0 Å². The number of carbonyl (C=O) groups is 1. The molecule has 1 aliphatic rings. The van der Waals surface area contributed by atoms with Gasteiger partial charge in [-0.25, -0.2) is 4.98 Å². The van der Waals surface area contributed by atoms with Gasteiger partial charge in [0.1, 0.15) is 11.8 Å². The first-order valence-corrected chi connectivity index (χ1v) is 3.74. The molecule has 0 saturated heterocycles. The Morgan fingerprint density at radius 2 is 2.25 bits per heavy atom. The number of rotatable bonds is 0. The van der Waals surface area contributed by atoms with Crippen LogP contribution in [0.5, 0.6) is 0 Å². The maximum atomic E-state index is 11.1. The molecule has 0 bridgehead atoms. The van der Waals surface area contributed by atoms with Gasteiger partial charge in [-0.15, -0.1) is 0 Å². The second-order valence-corrected chi connectivity index (χ2v) is 2.73. The monoisotopic (exact) mass is 158 g/mol. The number of nitriles is 1. The third kappa shape index (κ3) is 0.892. The van der Waals surface area contributed by atoms with E-state index >= 15 is 0 Å². The van der Waals surface area contributed by atoms with E-state index in [0.29, 0.717) is 24.1 Å². The Bertz CT molecular complexity index is 390. The molecule has 3 nitrogen and oxygen atoms in total. The van der Waals surface area contributed by atoms with Crippen molar-refractivity contribution < 1.29 is 4.79 Å². The predicted molar refractivity (Wildman–Crippen MR) is 41.6 cm³/mol. The summed E-state index contributed by atoms with van der Waals surface area (Å²) in [6.07, 6.45) is 1.22. The van der Waals surface area contributed by atoms with E-state index in [9.17, 15) is 4.79 Å². The Morgan fingerprint density at radius 1 is 1.42 bits per heavy atom. The lowest BCUT2D eigenvalue weighted by atomic mass is 10.2. The Morgan fingerprint density at radius 3 is 3.00 bits per heavy atom. The standard InChI is InChI=1S/C9H6N2O/c10-5-6-1-2-7-8(11-6)3-4-9(7)12/h1-2H,3-4H2. The van der Waals surface area contributed by atoms with Gasteiger partial charge >= 0.3 is 0 Å². The zero-order chi connectivity index (χ0) is 8.55. The lowest BCUT2D eigenvalue weighted by molar-refractivity contribution is 0.0994. The molecule has 0 fully saturated rings. The van der Waals surface area contributed by atoms with Gasteiger partial charge in [0.2, 0.25) is 0 Å². The number of carbonyl (C=O) groups excluding carboxylic acids is 1. The molecule has 1 aliphatic carbocycles. The van der Waals surface area contributed by atoms with Gasteiger partial charge in [0.25, 0.3) is 0 Å². The summed E-state index contributed by atoms with van der Waals surface area (Å²) in [5, 5.41) is 8.54. The van der Waals surface area contributed by atoms with Gasteiger partial charge in [0.05, 0.1) is 5.69 Å². The molecule has 0 atom stereocenters. The van der Waals surface area contributed by atoms with Crippen molar-refractivity contribution in [3.05, 3.63) is 29.1 Å². The number of ketones is 1. The highest BCUT2D eigenvalue weighted by Gasteiger charge is 2.20. The molecule has 3 heteroatoms. The van der Waals surface area contributed by atoms with Crippen LogP contribution in [0.1, 0.15) is 28.2 Å². The first kappa shape index (κ1) is 6.99. The summed E-state index contributed by atoms with van der Waals surface area (Å²) in [5.41, 5.74) is 1.86. The maximum Gasteiger partial charge on any atom is 0.165 e. The zero-order valence-electron chi connectivity index (χ0n) is 6.37. The summed E-state index contributed by atoms with van der Waals surface area (Å²) in [6, 6.07) is 5.23. The first-order chi connectivity index (χ1) is 5.81. The second-order valence-electron chi connectivity index (χ2n) is 2.73. The SMILES string of the molecule is N#Cc1ccc2c(n1)CCC2=O. The molecule has 1 aromatic heterocycles. The summed E-state index contributed by atoms with van der Waals surface area (Å²) in [6.45, 7) is 0. The Balaban J connectivity index is 2.57. The number of aryl methyl sites for hydroxylation is 1. The molecule has 58 valence electrons. The maximum absolute atomic E-state index is 11.1. The van der Waals surface area contributed by atoms with E-state index in [1.165, 1.54) is 0 Å². The number of nitrogens with zero attached hydrogens (tertiary/aromatic N) is 2. The van der Waals surface area contributed by atoms with E-state index in [1.54, 1.807) is 12.1 Å². The molecular weight excluding hydrogens is 152 g/mol. The van der Waals surface area contributed by atoms with Crippen LogP contribution in [0.3, 0.4) is 0 Å². The van der Waals surface area contributed by atoms with Crippen molar-refractivity contribution in [3.8, 4) is 6.07 Å². The Labute approximate surface area is 69.7 Å². The molecule has 0 radical (unpaired) electrons. The van der Waals surface area contributed by atoms with Crippen LogP contribution in [0.4, 0.5) is 0 Å². The fourth-order valence-corrected chi connectivity index (χ4v) is 1.37. The first-order valence-electron chi connectivity index (χ1n) is 3.74. The minimum Gasteiger partial charge on any atom is -0.294 e. The van der Waals surface area contributed by atoms with E-state index < -0.39 is 0 Å². The van der Waals surface area contributed by atoms with Gasteiger partial charge in [-0.05, 0) is 18.6 Å². The van der Waals surface area contributed by atoms with Gasteiger partial charge in [0, 0.05) is 12.0 Å². The molecule has 0 spiro atoms. The molecule has 0 saturated carbocycles. The molecule has 0 aliphatic heterocycles. The largest absolute Gasteiger partial charge is 0.294 e. The Kier molecular flexibility index (Phi) is 1.41. The van der Waals surface area contributed by atoms with E-state index in [0.717, 1.165) is 5.69 Å². The second kappa shape index (κ2) is 2.42. The number of Topliss-reactive ketones (excluding diaryl/α,β-unsaturated/α-hetero) is 1. The summed E-state index contributed by atoms with van der Waals surface area (Å²) < 4.78 is 0. The van der Waals surface area contributed by atoms with Crippen LogP contribution in [-0.2, 0) is 6.42 Å². The van der Waals surface area contributed by atoms with Crippen molar-refractivity contribution in [1.29, 1.82) is 5.26 Å². The molecule has 0 N–H and O–H groups in total. The van der Waals surface area contributed by atoms with Gasteiger partial charge < -0.3 is 0 Å². The number of pyridine rings is 1. The molecule has 12 heavy (non-hydrogen) atoms. The van der Waals surface area contributed by atoms with Crippen LogP contribution in [0.2, 0.25) is 0 Å². The van der Waals surface area contributed by atoms with Gasteiger partial charge in [-0.3, -0.25) is 4.79 Å². The number of aromatic nitrogens is 1. The summed E-state index contributed by atoms with van der Waals surface area (Å²) in [7, 11) is 0.